The lowest BCUT2D eigenvalue weighted by Gasteiger charge is -2.38. The predicted molar refractivity (Wildman–Crippen MR) is 73.0 cm³/mol. The molecule has 4 atom stereocenters. The van der Waals surface area contributed by atoms with Crippen LogP contribution in [-0.2, 0) is 4.79 Å². The van der Waals surface area contributed by atoms with Gasteiger partial charge in [0.1, 0.15) is 0 Å². The Morgan fingerprint density at radius 2 is 1.94 bits per heavy atom. The number of aliphatic hydroxyl groups excluding tert-OH is 1. The summed E-state index contributed by atoms with van der Waals surface area (Å²) in [5, 5.41) is 9.05. The lowest BCUT2D eigenvalue weighted by atomic mass is 9.72. The van der Waals surface area contributed by atoms with Crippen molar-refractivity contribution >= 4 is 5.91 Å². The molecule has 1 rings (SSSR count). The van der Waals surface area contributed by atoms with Crippen molar-refractivity contribution in [1.82, 2.24) is 4.90 Å². The molecule has 106 valence electrons. The molecule has 1 amide bonds. The lowest BCUT2D eigenvalue weighted by molar-refractivity contribution is -0.139. The van der Waals surface area contributed by atoms with Crippen LogP contribution < -0.4 is 5.73 Å². The van der Waals surface area contributed by atoms with Gasteiger partial charge in [-0.1, -0.05) is 20.8 Å². The first-order valence-electron chi connectivity index (χ1n) is 7.16. The molecular weight excluding hydrogens is 228 g/mol. The van der Waals surface area contributed by atoms with Crippen LogP contribution in [0.25, 0.3) is 0 Å². The molecule has 4 nitrogen and oxygen atoms in total. The number of hydrogen-bond acceptors (Lipinski definition) is 3. The minimum absolute atomic E-state index is 0.0364. The summed E-state index contributed by atoms with van der Waals surface area (Å²) in [6, 6.07) is 0.132. The predicted octanol–water partition coefficient (Wildman–Crippen LogP) is 1.23. The first kappa shape index (κ1) is 15.4. The Hall–Kier alpha value is -0.610. The van der Waals surface area contributed by atoms with Crippen LogP contribution in [0.4, 0.5) is 0 Å². The van der Waals surface area contributed by atoms with E-state index in [9.17, 15) is 4.79 Å². The van der Waals surface area contributed by atoms with Crippen molar-refractivity contribution in [2.75, 3.05) is 19.7 Å². The van der Waals surface area contributed by atoms with Gasteiger partial charge in [0.15, 0.2) is 0 Å². The highest BCUT2D eigenvalue weighted by Crippen LogP contribution is 2.34. The number of nitrogens with two attached hydrogens (primary N) is 1. The molecule has 18 heavy (non-hydrogen) atoms. The Kier molecular flexibility index (Phi) is 6.09. The molecule has 1 fully saturated rings. The van der Waals surface area contributed by atoms with Gasteiger partial charge in [0.25, 0.3) is 0 Å². The number of carbonyl (C=O) groups is 1. The molecular formula is C14H28N2O2. The Balaban J connectivity index is 2.68. The largest absolute Gasteiger partial charge is 0.395 e. The van der Waals surface area contributed by atoms with Gasteiger partial charge in [0.2, 0.25) is 5.91 Å². The number of rotatable bonds is 5. The van der Waals surface area contributed by atoms with E-state index in [1.54, 1.807) is 4.90 Å². The fourth-order valence-electron chi connectivity index (χ4n) is 2.98. The smallest absolute Gasteiger partial charge is 0.226 e. The summed E-state index contributed by atoms with van der Waals surface area (Å²) < 4.78 is 0. The quantitative estimate of drug-likeness (QED) is 0.777. The monoisotopic (exact) mass is 256 g/mol. The van der Waals surface area contributed by atoms with Crippen molar-refractivity contribution in [3.05, 3.63) is 0 Å². The molecule has 0 aromatic heterocycles. The van der Waals surface area contributed by atoms with Gasteiger partial charge in [-0.25, -0.2) is 0 Å². The minimum Gasteiger partial charge on any atom is -0.395 e. The Morgan fingerprint density at radius 3 is 2.50 bits per heavy atom. The second-order valence-corrected chi connectivity index (χ2v) is 5.75. The van der Waals surface area contributed by atoms with E-state index in [2.05, 4.69) is 20.8 Å². The van der Waals surface area contributed by atoms with Gasteiger partial charge in [-0.3, -0.25) is 4.79 Å². The van der Waals surface area contributed by atoms with Crippen molar-refractivity contribution < 1.29 is 9.90 Å². The maximum Gasteiger partial charge on any atom is 0.226 e. The molecule has 4 unspecified atom stereocenters. The summed E-state index contributed by atoms with van der Waals surface area (Å²) in [6.07, 6.45) is 2.73. The molecule has 3 N–H and O–H groups in total. The number of hydrogen-bond donors (Lipinski definition) is 2. The van der Waals surface area contributed by atoms with Crippen LogP contribution in [0.1, 0.15) is 40.0 Å². The molecule has 0 radical (unpaired) electrons. The first-order valence-corrected chi connectivity index (χ1v) is 7.16. The van der Waals surface area contributed by atoms with E-state index in [1.807, 2.05) is 0 Å². The highest BCUT2D eigenvalue weighted by atomic mass is 16.3. The van der Waals surface area contributed by atoms with E-state index < -0.39 is 0 Å². The fraction of sp³-hybridized carbons (Fsp3) is 0.929. The molecule has 0 aliphatic heterocycles. The Labute approximate surface area is 111 Å². The highest BCUT2D eigenvalue weighted by molar-refractivity contribution is 5.79. The van der Waals surface area contributed by atoms with Gasteiger partial charge in [-0.15, -0.1) is 0 Å². The Bertz CT molecular complexity index is 265. The van der Waals surface area contributed by atoms with Gasteiger partial charge in [0, 0.05) is 25.0 Å². The van der Waals surface area contributed by atoms with Gasteiger partial charge >= 0.3 is 0 Å². The van der Waals surface area contributed by atoms with Crippen LogP contribution in [0.2, 0.25) is 0 Å². The first-order chi connectivity index (χ1) is 8.51. The van der Waals surface area contributed by atoms with Crippen molar-refractivity contribution in [3.63, 3.8) is 0 Å². The topological polar surface area (TPSA) is 66.6 Å². The van der Waals surface area contributed by atoms with Crippen LogP contribution >= 0.6 is 0 Å². The van der Waals surface area contributed by atoms with Crippen LogP contribution in [0.3, 0.4) is 0 Å². The zero-order valence-electron chi connectivity index (χ0n) is 11.9. The van der Waals surface area contributed by atoms with Gasteiger partial charge in [0.05, 0.1) is 6.61 Å². The number of aliphatic hydroxyl groups is 1. The average Bonchev–Trinajstić information content (AvgIpc) is 2.33. The summed E-state index contributed by atoms with van der Waals surface area (Å²) in [6.45, 7) is 7.58. The van der Waals surface area contributed by atoms with E-state index in [-0.39, 0.29) is 24.5 Å². The van der Waals surface area contributed by atoms with Crippen molar-refractivity contribution in [2.24, 2.45) is 23.5 Å². The summed E-state index contributed by atoms with van der Waals surface area (Å²) in [5.41, 5.74) is 6.10. The molecule has 1 aliphatic rings. The molecule has 0 aromatic rings. The van der Waals surface area contributed by atoms with Crippen molar-refractivity contribution in [2.45, 2.75) is 46.1 Å². The summed E-state index contributed by atoms with van der Waals surface area (Å²) >= 11 is 0. The third kappa shape index (κ3) is 3.69. The lowest BCUT2D eigenvalue weighted by Crippen LogP contribution is -2.47. The van der Waals surface area contributed by atoms with Crippen LogP contribution in [0.5, 0.6) is 0 Å². The normalized spacial score (nSPS) is 32.3. The highest BCUT2D eigenvalue weighted by Gasteiger charge is 2.36. The molecule has 0 aromatic carbocycles. The standard InChI is InChI=1S/C14H28N2O2/c1-4-5-16(6-7-17)14(18)12-9-13(15)11(3)8-10(12)2/h10-13,17H,4-9,15H2,1-3H3. The summed E-state index contributed by atoms with van der Waals surface area (Å²) in [5.74, 6) is 1.11. The number of amides is 1. The SMILES string of the molecule is CCCN(CCO)C(=O)C1CC(N)C(C)CC1C. The second kappa shape index (κ2) is 7.10. The zero-order chi connectivity index (χ0) is 13.7. The molecule has 0 bridgehead atoms. The molecule has 0 saturated heterocycles. The molecule has 0 spiro atoms. The average molecular weight is 256 g/mol. The summed E-state index contributed by atoms with van der Waals surface area (Å²) in [7, 11) is 0. The van der Waals surface area contributed by atoms with Gasteiger partial charge in [-0.05, 0) is 31.1 Å². The number of carbonyl (C=O) groups excluding carboxylic acids is 1. The maximum absolute atomic E-state index is 12.5. The fourth-order valence-corrected chi connectivity index (χ4v) is 2.98. The minimum atomic E-state index is 0.0364. The van der Waals surface area contributed by atoms with Gasteiger partial charge < -0.3 is 15.7 Å². The van der Waals surface area contributed by atoms with Crippen molar-refractivity contribution in [1.29, 1.82) is 0 Å². The summed E-state index contributed by atoms with van der Waals surface area (Å²) in [4.78, 5) is 14.3. The van der Waals surface area contributed by atoms with Crippen LogP contribution in [0, 0.1) is 17.8 Å². The third-order valence-corrected chi connectivity index (χ3v) is 4.18. The van der Waals surface area contributed by atoms with E-state index in [1.165, 1.54) is 0 Å². The van der Waals surface area contributed by atoms with E-state index >= 15 is 0 Å². The third-order valence-electron chi connectivity index (χ3n) is 4.18. The Morgan fingerprint density at radius 1 is 1.28 bits per heavy atom. The van der Waals surface area contributed by atoms with Crippen molar-refractivity contribution in [3.8, 4) is 0 Å². The molecule has 1 saturated carbocycles. The molecule has 0 heterocycles. The van der Waals surface area contributed by atoms with Gasteiger partial charge in [-0.2, -0.15) is 0 Å². The van der Waals surface area contributed by atoms with E-state index in [0.29, 0.717) is 18.4 Å². The van der Waals surface area contributed by atoms with E-state index in [0.717, 1.165) is 25.8 Å². The molecule has 1 aliphatic carbocycles. The zero-order valence-corrected chi connectivity index (χ0v) is 11.9. The second-order valence-electron chi connectivity index (χ2n) is 5.75. The number of nitrogens with zero attached hydrogens (tertiary/aromatic N) is 1. The maximum atomic E-state index is 12.5. The van der Waals surface area contributed by atoms with Crippen LogP contribution in [0.15, 0.2) is 0 Å². The molecule has 4 heteroatoms. The van der Waals surface area contributed by atoms with Crippen LogP contribution in [-0.4, -0.2) is 41.7 Å². The van der Waals surface area contributed by atoms with E-state index in [4.69, 9.17) is 10.8 Å².